The third kappa shape index (κ3) is 5.83. The standard InChI is InChI=1S/C2H7NO4S/c3-8(5,6)7-2-1-4/h4H,1-2H2,(H2,3,5,6). The first-order valence-electron chi connectivity index (χ1n) is 1.84. The Morgan fingerprint density at radius 2 is 2.12 bits per heavy atom. The molecule has 0 unspecified atom stereocenters. The van der Waals surface area contributed by atoms with E-state index in [4.69, 9.17) is 5.11 Å². The second-order valence-electron chi connectivity index (χ2n) is 1.04. The lowest BCUT2D eigenvalue weighted by molar-refractivity contribution is 0.205. The molecule has 0 aliphatic rings. The normalized spacial score (nSPS) is 11.8. The Morgan fingerprint density at radius 3 is 2.25 bits per heavy atom. The predicted molar refractivity (Wildman–Crippen MR) is 26.1 cm³/mol. The summed E-state index contributed by atoms with van der Waals surface area (Å²) in [6.07, 6.45) is 0. The SMILES string of the molecule is NS(=O)(=O)OCCO. The predicted octanol–water partition coefficient (Wildman–Crippen LogP) is -1.80. The quantitative estimate of drug-likeness (QED) is 0.485. The number of rotatable bonds is 3. The highest BCUT2D eigenvalue weighted by Crippen LogP contribution is 1.77. The maximum absolute atomic E-state index is 9.83. The van der Waals surface area contributed by atoms with Gasteiger partial charge in [-0.3, -0.25) is 4.18 Å². The Labute approximate surface area is 47.3 Å². The number of aliphatic hydroxyl groups excluding tert-OH is 1. The average Bonchev–Trinajstić information content (AvgIpc) is 1.59. The lowest BCUT2D eigenvalue weighted by Crippen LogP contribution is -2.17. The molecule has 0 aliphatic heterocycles. The van der Waals surface area contributed by atoms with E-state index in [0.29, 0.717) is 0 Å². The molecule has 0 fully saturated rings. The Balaban J connectivity index is 3.42. The van der Waals surface area contributed by atoms with Crippen LogP contribution < -0.4 is 5.14 Å². The van der Waals surface area contributed by atoms with Crippen LogP contribution in [-0.4, -0.2) is 26.7 Å². The minimum Gasteiger partial charge on any atom is -0.394 e. The molecule has 0 aromatic carbocycles. The van der Waals surface area contributed by atoms with Crippen molar-refractivity contribution in [2.75, 3.05) is 13.2 Å². The molecular formula is C2H7NO4S. The molecule has 50 valence electrons. The van der Waals surface area contributed by atoms with Gasteiger partial charge in [-0.2, -0.15) is 8.42 Å². The van der Waals surface area contributed by atoms with E-state index in [1.165, 1.54) is 0 Å². The highest BCUT2D eigenvalue weighted by molar-refractivity contribution is 7.84. The summed E-state index contributed by atoms with van der Waals surface area (Å²) in [7, 11) is -3.85. The Kier molecular flexibility index (Phi) is 2.91. The van der Waals surface area contributed by atoms with Crippen LogP contribution in [0.4, 0.5) is 0 Å². The number of nitrogens with two attached hydrogens (primary N) is 1. The fourth-order valence-corrected chi connectivity index (χ4v) is 0.460. The van der Waals surface area contributed by atoms with Crippen molar-refractivity contribution in [1.82, 2.24) is 0 Å². The molecule has 0 amide bonds. The zero-order valence-corrected chi connectivity index (χ0v) is 4.89. The van der Waals surface area contributed by atoms with Gasteiger partial charge in [0.15, 0.2) is 0 Å². The van der Waals surface area contributed by atoms with Crippen LogP contribution in [0.15, 0.2) is 0 Å². The molecule has 3 N–H and O–H groups in total. The van der Waals surface area contributed by atoms with Crippen molar-refractivity contribution in [3.05, 3.63) is 0 Å². The van der Waals surface area contributed by atoms with E-state index in [1.807, 2.05) is 0 Å². The van der Waals surface area contributed by atoms with Gasteiger partial charge in [0.2, 0.25) is 0 Å². The lowest BCUT2D eigenvalue weighted by Gasteiger charge is -1.93. The van der Waals surface area contributed by atoms with E-state index in [-0.39, 0.29) is 13.2 Å². The van der Waals surface area contributed by atoms with Gasteiger partial charge in [0.25, 0.3) is 0 Å². The second-order valence-corrected chi connectivity index (χ2v) is 2.26. The molecule has 0 aromatic rings. The first-order chi connectivity index (χ1) is 3.56. The first-order valence-corrected chi connectivity index (χ1v) is 3.31. The summed E-state index contributed by atoms with van der Waals surface area (Å²) in [5.41, 5.74) is 0. The molecule has 0 heterocycles. The van der Waals surface area contributed by atoms with E-state index in [0.717, 1.165) is 0 Å². The fourth-order valence-electron chi connectivity index (χ4n) is 0.153. The summed E-state index contributed by atoms with van der Waals surface area (Å²) < 4.78 is 23.5. The molecule has 6 heteroatoms. The van der Waals surface area contributed by atoms with Gasteiger partial charge in [0.05, 0.1) is 13.2 Å². The van der Waals surface area contributed by atoms with E-state index in [2.05, 4.69) is 9.32 Å². The van der Waals surface area contributed by atoms with E-state index in [9.17, 15) is 8.42 Å². The Morgan fingerprint density at radius 1 is 1.62 bits per heavy atom. The fraction of sp³-hybridized carbons (Fsp3) is 1.00. The zero-order valence-electron chi connectivity index (χ0n) is 4.07. The van der Waals surface area contributed by atoms with Crippen molar-refractivity contribution in [2.24, 2.45) is 5.14 Å². The molecule has 0 spiro atoms. The summed E-state index contributed by atoms with van der Waals surface area (Å²) in [4.78, 5) is 0. The van der Waals surface area contributed by atoms with Gasteiger partial charge in [-0.25, -0.2) is 5.14 Å². The molecule has 0 saturated heterocycles. The van der Waals surface area contributed by atoms with Gasteiger partial charge in [0, 0.05) is 0 Å². The minimum atomic E-state index is -3.85. The molecule has 5 nitrogen and oxygen atoms in total. The van der Waals surface area contributed by atoms with Crippen molar-refractivity contribution < 1.29 is 17.7 Å². The number of hydrogen-bond acceptors (Lipinski definition) is 4. The largest absolute Gasteiger partial charge is 0.394 e. The van der Waals surface area contributed by atoms with Crippen molar-refractivity contribution >= 4 is 10.3 Å². The van der Waals surface area contributed by atoms with Gasteiger partial charge in [0.1, 0.15) is 0 Å². The Hall–Kier alpha value is -0.170. The molecule has 0 radical (unpaired) electrons. The maximum atomic E-state index is 9.83. The Bertz CT molecular complexity index is 138. The van der Waals surface area contributed by atoms with Gasteiger partial charge in [-0.05, 0) is 0 Å². The summed E-state index contributed by atoms with van der Waals surface area (Å²) in [5, 5.41) is 12.3. The maximum Gasteiger partial charge on any atom is 0.333 e. The van der Waals surface area contributed by atoms with Crippen molar-refractivity contribution in [3.8, 4) is 0 Å². The topological polar surface area (TPSA) is 89.6 Å². The van der Waals surface area contributed by atoms with Gasteiger partial charge < -0.3 is 5.11 Å². The molecular weight excluding hydrogens is 134 g/mol. The average molecular weight is 141 g/mol. The van der Waals surface area contributed by atoms with Gasteiger partial charge >= 0.3 is 10.3 Å². The van der Waals surface area contributed by atoms with Crippen molar-refractivity contribution in [3.63, 3.8) is 0 Å². The van der Waals surface area contributed by atoms with E-state index >= 15 is 0 Å². The molecule has 0 saturated carbocycles. The van der Waals surface area contributed by atoms with E-state index < -0.39 is 10.3 Å². The van der Waals surface area contributed by atoms with Crippen LogP contribution in [0.25, 0.3) is 0 Å². The number of hydrogen-bond donors (Lipinski definition) is 2. The summed E-state index contributed by atoms with van der Waals surface area (Å²) in [6, 6.07) is 0. The summed E-state index contributed by atoms with van der Waals surface area (Å²) in [5.74, 6) is 0. The molecule has 0 atom stereocenters. The molecule has 0 aromatic heterocycles. The van der Waals surface area contributed by atoms with Crippen LogP contribution >= 0.6 is 0 Å². The van der Waals surface area contributed by atoms with Crippen LogP contribution in [0, 0.1) is 0 Å². The third-order valence-electron chi connectivity index (χ3n) is 0.339. The lowest BCUT2D eigenvalue weighted by atomic mass is 10.8. The van der Waals surface area contributed by atoms with Crippen LogP contribution in [-0.2, 0) is 14.5 Å². The summed E-state index contributed by atoms with van der Waals surface area (Å²) in [6.45, 7) is -0.630. The van der Waals surface area contributed by atoms with Crippen LogP contribution in [0.3, 0.4) is 0 Å². The van der Waals surface area contributed by atoms with Crippen LogP contribution in [0.1, 0.15) is 0 Å². The van der Waals surface area contributed by atoms with Gasteiger partial charge in [-0.15, -0.1) is 0 Å². The van der Waals surface area contributed by atoms with Crippen molar-refractivity contribution in [2.45, 2.75) is 0 Å². The van der Waals surface area contributed by atoms with Gasteiger partial charge in [-0.1, -0.05) is 0 Å². The molecule has 0 aliphatic carbocycles. The smallest absolute Gasteiger partial charge is 0.333 e. The van der Waals surface area contributed by atoms with Crippen LogP contribution in [0.5, 0.6) is 0 Å². The second kappa shape index (κ2) is 2.98. The molecule has 0 rings (SSSR count). The van der Waals surface area contributed by atoms with E-state index in [1.54, 1.807) is 0 Å². The zero-order chi connectivity index (χ0) is 6.62. The van der Waals surface area contributed by atoms with Crippen molar-refractivity contribution in [1.29, 1.82) is 0 Å². The summed E-state index contributed by atoms with van der Waals surface area (Å²) >= 11 is 0. The highest BCUT2D eigenvalue weighted by atomic mass is 32.2. The molecule has 0 bridgehead atoms. The van der Waals surface area contributed by atoms with Crippen LogP contribution in [0.2, 0.25) is 0 Å². The number of aliphatic hydroxyl groups is 1. The minimum absolute atomic E-state index is 0.279. The molecule has 8 heavy (non-hydrogen) atoms. The first kappa shape index (κ1) is 7.83. The third-order valence-corrected chi connectivity index (χ3v) is 0.834. The highest BCUT2D eigenvalue weighted by Gasteiger charge is 1.98. The monoisotopic (exact) mass is 141 g/mol.